The Bertz CT molecular complexity index is 587. The van der Waals surface area contributed by atoms with E-state index in [1.807, 2.05) is 55.5 Å². The van der Waals surface area contributed by atoms with E-state index in [9.17, 15) is 0 Å². The molecule has 1 aromatic heterocycles. The van der Waals surface area contributed by atoms with Crippen LogP contribution in [-0.4, -0.2) is 19.1 Å². The van der Waals surface area contributed by atoms with Gasteiger partial charge in [-0.1, -0.05) is 35.3 Å². The fourth-order valence-corrected chi connectivity index (χ4v) is 2.58. The monoisotopic (exact) mass is 309 g/mol. The molecule has 0 aliphatic heterocycles. The van der Waals surface area contributed by atoms with E-state index in [0.29, 0.717) is 11.6 Å². The van der Waals surface area contributed by atoms with Gasteiger partial charge >= 0.3 is 0 Å². The van der Waals surface area contributed by atoms with E-state index >= 15 is 0 Å². The van der Waals surface area contributed by atoms with Gasteiger partial charge in [0.2, 0.25) is 0 Å². The molecule has 0 unspecified atom stereocenters. The molecule has 20 heavy (non-hydrogen) atoms. The zero-order valence-corrected chi connectivity index (χ0v) is 13.0. The summed E-state index contributed by atoms with van der Waals surface area (Å²) in [5.41, 5.74) is 2.19. The van der Waals surface area contributed by atoms with Crippen LogP contribution in [-0.2, 0) is 13.1 Å². The lowest BCUT2D eigenvalue weighted by Crippen LogP contribution is -2.18. The molecule has 3 nitrogen and oxygen atoms in total. The number of aromatic nitrogens is 1. The lowest BCUT2D eigenvalue weighted by Gasteiger charge is -2.20. The van der Waals surface area contributed by atoms with Crippen LogP contribution in [0.5, 0.6) is 0 Å². The first-order chi connectivity index (χ1) is 9.60. The summed E-state index contributed by atoms with van der Waals surface area (Å²) in [7, 11) is 3.86. The quantitative estimate of drug-likeness (QED) is 0.912. The van der Waals surface area contributed by atoms with Crippen LogP contribution in [0, 0.1) is 0 Å². The Kier molecular flexibility index (Phi) is 5.24. The molecule has 0 amide bonds. The van der Waals surface area contributed by atoms with E-state index in [1.165, 1.54) is 0 Å². The maximum atomic E-state index is 6.30. The number of benzene rings is 1. The highest BCUT2D eigenvalue weighted by molar-refractivity contribution is 6.33. The smallest absolute Gasteiger partial charge is 0.147 e. The summed E-state index contributed by atoms with van der Waals surface area (Å²) in [6.07, 6.45) is 1.84. The summed E-state index contributed by atoms with van der Waals surface area (Å²) in [5.74, 6) is 0.770. The summed E-state index contributed by atoms with van der Waals surface area (Å²) in [6.45, 7) is 1.46. The maximum Gasteiger partial charge on any atom is 0.147 e. The van der Waals surface area contributed by atoms with Crippen molar-refractivity contribution < 1.29 is 0 Å². The van der Waals surface area contributed by atoms with Gasteiger partial charge in [0.15, 0.2) is 0 Å². The number of rotatable bonds is 5. The molecule has 1 N–H and O–H groups in total. The Morgan fingerprint density at radius 2 is 2.00 bits per heavy atom. The first-order valence-electron chi connectivity index (χ1n) is 6.34. The molecule has 0 atom stereocenters. The average molecular weight is 310 g/mol. The molecular formula is C15H17Cl2N3. The standard InChI is InChI=1S/C15H17Cl2N3/c1-18-8-12-7-14(17)15(19-9-12)20(2)10-11-4-3-5-13(16)6-11/h3-7,9,18H,8,10H2,1-2H3. The van der Waals surface area contributed by atoms with Crippen LogP contribution in [0.15, 0.2) is 36.5 Å². The lowest BCUT2D eigenvalue weighted by atomic mass is 10.2. The van der Waals surface area contributed by atoms with Crippen LogP contribution in [0.3, 0.4) is 0 Å². The van der Waals surface area contributed by atoms with E-state index in [4.69, 9.17) is 23.2 Å². The summed E-state index contributed by atoms with van der Waals surface area (Å²) in [5, 5.41) is 4.47. The Balaban J connectivity index is 2.14. The summed E-state index contributed by atoms with van der Waals surface area (Å²) in [6, 6.07) is 9.72. The minimum Gasteiger partial charge on any atom is -0.354 e. The zero-order chi connectivity index (χ0) is 14.5. The average Bonchev–Trinajstić information content (AvgIpc) is 2.39. The number of halogens is 2. The van der Waals surface area contributed by atoms with E-state index in [2.05, 4.69) is 10.3 Å². The molecule has 0 radical (unpaired) electrons. The highest BCUT2D eigenvalue weighted by Crippen LogP contribution is 2.24. The SMILES string of the molecule is CNCc1cnc(N(C)Cc2cccc(Cl)c2)c(Cl)c1. The van der Waals surface area contributed by atoms with Gasteiger partial charge in [-0.15, -0.1) is 0 Å². The van der Waals surface area contributed by atoms with Crippen molar-refractivity contribution in [3.63, 3.8) is 0 Å². The zero-order valence-electron chi connectivity index (χ0n) is 11.5. The molecule has 1 aromatic carbocycles. The topological polar surface area (TPSA) is 28.2 Å². The van der Waals surface area contributed by atoms with Gasteiger partial charge in [-0.05, 0) is 36.4 Å². The minimum absolute atomic E-state index is 0.655. The van der Waals surface area contributed by atoms with Crippen LogP contribution in [0.4, 0.5) is 5.82 Å². The number of hydrogen-bond donors (Lipinski definition) is 1. The third-order valence-corrected chi connectivity index (χ3v) is 3.44. The molecule has 0 bridgehead atoms. The van der Waals surface area contributed by atoms with Gasteiger partial charge in [-0.25, -0.2) is 4.98 Å². The normalized spacial score (nSPS) is 10.6. The molecule has 2 aromatic rings. The number of nitrogens with one attached hydrogen (secondary N) is 1. The van der Waals surface area contributed by atoms with Crippen LogP contribution in [0.1, 0.15) is 11.1 Å². The Morgan fingerprint density at radius 3 is 2.65 bits per heavy atom. The highest BCUT2D eigenvalue weighted by Gasteiger charge is 2.09. The van der Waals surface area contributed by atoms with Crippen molar-refractivity contribution in [3.8, 4) is 0 Å². The molecule has 1 heterocycles. The minimum atomic E-state index is 0.655. The molecule has 0 fully saturated rings. The van der Waals surface area contributed by atoms with Gasteiger partial charge in [-0.3, -0.25) is 0 Å². The second-order valence-corrected chi connectivity index (χ2v) is 5.51. The van der Waals surface area contributed by atoms with Crippen LogP contribution in [0.25, 0.3) is 0 Å². The Hall–Kier alpha value is -1.29. The van der Waals surface area contributed by atoms with E-state index in [1.54, 1.807) is 0 Å². The van der Waals surface area contributed by atoms with Gasteiger partial charge in [-0.2, -0.15) is 0 Å². The molecule has 5 heteroatoms. The molecule has 0 spiro atoms. The fraction of sp³-hybridized carbons (Fsp3) is 0.267. The second-order valence-electron chi connectivity index (χ2n) is 4.67. The molecule has 106 valence electrons. The van der Waals surface area contributed by atoms with E-state index < -0.39 is 0 Å². The van der Waals surface area contributed by atoms with Crippen molar-refractivity contribution in [2.45, 2.75) is 13.1 Å². The largest absolute Gasteiger partial charge is 0.354 e. The van der Waals surface area contributed by atoms with Crippen molar-refractivity contribution in [2.75, 3.05) is 19.0 Å². The third kappa shape index (κ3) is 3.85. The molecule has 0 aliphatic carbocycles. The third-order valence-electron chi connectivity index (χ3n) is 2.93. The van der Waals surface area contributed by atoms with Gasteiger partial charge in [0.05, 0.1) is 5.02 Å². The number of nitrogens with zero attached hydrogens (tertiary/aromatic N) is 2. The molecular weight excluding hydrogens is 293 g/mol. The van der Waals surface area contributed by atoms with Gasteiger partial charge in [0.25, 0.3) is 0 Å². The maximum absolute atomic E-state index is 6.30. The first-order valence-corrected chi connectivity index (χ1v) is 7.10. The molecule has 0 saturated heterocycles. The number of hydrogen-bond acceptors (Lipinski definition) is 3. The molecule has 2 rings (SSSR count). The van der Waals surface area contributed by atoms with Crippen LogP contribution < -0.4 is 10.2 Å². The van der Waals surface area contributed by atoms with Crippen LogP contribution >= 0.6 is 23.2 Å². The van der Waals surface area contributed by atoms with Gasteiger partial charge in [0.1, 0.15) is 5.82 Å². The van der Waals surface area contributed by atoms with Crippen LogP contribution in [0.2, 0.25) is 10.0 Å². The molecule has 0 aliphatic rings. The summed E-state index contributed by atoms with van der Waals surface area (Å²) in [4.78, 5) is 6.45. The first kappa shape index (κ1) is 15.1. The lowest BCUT2D eigenvalue weighted by molar-refractivity contribution is 0.810. The number of pyridine rings is 1. The number of anilines is 1. The highest BCUT2D eigenvalue weighted by atomic mass is 35.5. The Labute approximate surface area is 129 Å². The fourth-order valence-electron chi connectivity index (χ4n) is 2.04. The predicted octanol–water partition coefficient (Wildman–Crippen LogP) is 3.74. The summed E-state index contributed by atoms with van der Waals surface area (Å²) < 4.78 is 0. The molecule has 0 saturated carbocycles. The van der Waals surface area contributed by atoms with Crippen molar-refractivity contribution >= 4 is 29.0 Å². The van der Waals surface area contributed by atoms with E-state index in [0.717, 1.165) is 28.5 Å². The second kappa shape index (κ2) is 6.93. The van der Waals surface area contributed by atoms with Crippen molar-refractivity contribution in [3.05, 3.63) is 57.7 Å². The van der Waals surface area contributed by atoms with Crippen molar-refractivity contribution in [1.82, 2.24) is 10.3 Å². The van der Waals surface area contributed by atoms with Crippen molar-refractivity contribution in [1.29, 1.82) is 0 Å². The van der Waals surface area contributed by atoms with Gasteiger partial charge < -0.3 is 10.2 Å². The predicted molar refractivity (Wildman–Crippen MR) is 85.6 cm³/mol. The van der Waals surface area contributed by atoms with Gasteiger partial charge in [0, 0.05) is 31.4 Å². The Morgan fingerprint density at radius 1 is 1.20 bits per heavy atom. The van der Waals surface area contributed by atoms with E-state index in [-0.39, 0.29) is 0 Å². The summed E-state index contributed by atoms with van der Waals surface area (Å²) >= 11 is 12.3. The van der Waals surface area contributed by atoms with Crippen molar-refractivity contribution in [2.24, 2.45) is 0 Å².